The summed E-state index contributed by atoms with van der Waals surface area (Å²) >= 11 is 1.56. The maximum absolute atomic E-state index is 8.72. The molecule has 0 amide bonds. The Morgan fingerprint density at radius 1 is 1.04 bits per heavy atom. The van der Waals surface area contributed by atoms with Crippen LogP contribution in [0.3, 0.4) is 0 Å². The Balaban J connectivity index is 1.95. The molecule has 0 saturated carbocycles. The van der Waals surface area contributed by atoms with Crippen LogP contribution >= 0.6 is 11.8 Å². The third kappa shape index (κ3) is 3.76. The van der Waals surface area contributed by atoms with Crippen LogP contribution in [0.1, 0.15) is 12.0 Å². The van der Waals surface area contributed by atoms with E-state index in [1.54, 1.807) is 24.2 Å². The largest absolute Gasteiger partial charge is 0.298 e. The molecule has 3 aromatic rings. The fourth-order valence-electron chi connectivity index (χ4n) is 2.21. The number of aromatic nitrogens is 4. The van der Waals surface area contributed by atoms with E-state index in [-0.39, 0.29) is 0 Å². The maximum atomic E-state index is 8.72. The Kier molecular flexibility index (Phi) is 5.02. The smallest absolute Gasteiger partial charge is 0.191 e. The molecule has 0 N–H and O–H groups in total. The van der Waals surface area contributed by atoms with E-state index in [9.17, 15) is 0 Å². The van der Waals surface area contributed by atoms with E-state index in [4.69, 9.17) is 5.26 Å². The third-order valence-corrected chi connectivity index (χ3v) is 4.25. The predicted molar refractivity (Wildman–Crippen MR) is 89.8 cm³/mol. The van der Waals surface area contributed by atoms with E-state index in [1.807, 2.05) is 30.3 Å². The highest BCUT2D eigenvalue weighted by Crippen LogP contribution is 2.25. The lowest BCUT2D eigenvalue weighted by Gasteiger charge is -2.10. The van der Waals surface area contributed by atoms with E-state index < -0.39 is 0 Å². The highest BCUT2D eigenvalue weighted by Gasteiger charge is 2.14. The minimum atomic E-state index is 0.494. The van der Waals surface area contributed by atoms with E-state index >= 15 is 0 Å². The van der Waals surface area contributed by atoms with Crippen LogP contribution in [0.15, 0.2) is 60.0 Å². The highest BCUT2D eigenvalue weighted by atomic mass is 32.2. The molecule has 5 nitrogen and oxygen atoms in total. The van der Waals surface area contributed by atoms with Gasteiger partial charge in [-0.1, -0.05) is 42.1 Å². The van der Waals surface area contributed by atoms with Crippen molar-refractivity contribution in [2.45, 2.75) is 18.1 Å². The number of nitrogens with zero attached hydrogens (tertiary/aromatic N) is 5. The molecule has 114 valence electrons. The molecule has 0 spiro atoms. The number of thioether (sulfide) groups is 1. The van der Waals surface area contributed by atoms with Crippen molar-refractivity contribution in [3.8, 4) is 17.5 Å². The molecule has 1 aromatic carbocycles. The molecule has 0 radical (unpaired) electrons. The minimum Gasteiger partial charge on any atom is -0.298 e. The quantitative estimate of drug-likeness (QED) is 0.514. The minimum absolute atomic E-state index is 0.494. The first-order valence-electron chi connectivity index (χ1n) is 7.26. The van der Waals surface area contributed by atoms with Crippen LogP contribution in [-0.2, 0) is 6.54 Å². The number of hydrogen-bond acceptors (Lipinski definition) is 5. The number of hydrogen-bond donors (Lipinski definition) is 0. The van der Waals surface area contributed by atoms with Crippen molar-refractivity contribution in [3.63, 3.8) is 0 Å². The van der Waals surface area contributed by atoms with Gasteiger partial charge in [-0.2, -0.15) is 5.26 Å². The second kappa shape index (κ2) is 7.56. The fraction of sp³-hybridized carbons (Fsp3) is 0.176. The number of rotatable bonds is 6. The predicted octanol–water partition coefficient (Wildman–Crippen LogP) is 3.39. The van der Waals surface area contributed by atoms with Gasteiger partial charge in [-0.15, -0.1) is 10.2 Å². The van der Waals surface area contributed by atoms with Gasteiger partial charge in [-0.3, -0.25) is 9.55 Å². The van der Waals surface area contributed by atoms with Crippen molar-refractivity contribution in [3.05, 3.63) is 60.4 Å². The zero-order valence-corrected chi connectivity index (χ0v) is 13.3. The summed E-state index contributed by atoms with van der Waals surface area (Å²) < 4.78 is 2.09. The lowest BCUT2D eigenvalue weighted by molar-refractivity contribution is 0.714. The lowest BCUT2D eigenvalue weighted by atomic mass is 10.2. The molecule has 6 heteroatoms. The molecule has 0 fully saturated rings. The van der Waals surface area contributed by atoms with Crippen LogP contribution < -0.4 is 0 Å². The van der Waals surface area contributed by atoms with Crippen molar-refractivity contribution in [2.75, 3.05) is 5.75 Å². The number of benzene rings is 1. The molecule has 3 rings (SSSR count). The molecule has 0 atom stereocenters. The first-order chi connectivity index (χ1) is 11.4. The van der Waals surface area contributed by atoms with Gasteiger partial charge in [0.25, 0.3) is 0 Å². The topological polar surface area (TPSA) is 67.4 Å². The highest BCUT2D eigenvalue weighted by molar-refractivity contribution is 7.99. The molecule has 2 heterocycles. The lowest BCUT2D eigenvalue weighted by Crippen LogP contribution is -2.04. The first-order valence-corrected chi connectivity index (χ1v) is 8.24. The maximum Gasteiger partial charge on any atom is 0.191 e. The molecule has 0 aliphatic carbocycles. The second-order valence-corrected chi connectivity index (χ2v) is 5.93. The summed E-state index contributed by atoms with van der Waals surface area (Å²) in [4.78, 5) is 4.05. The fourth-order valence-corrected chi connectivity index (χ4v) is 2.99. The molecule has 0 saturated heterocycles. The monoisotopic (exact) mass is 321 g/mol. The van der Waals surface area contributed by atoms with Crippen LogP contribution in [0.25, 0.3) is 11.4 Å². The van der Waals surface area contributed by atoms with Crippen LogP contribution in [-0.4, -0.2) is 25.5 Å². The van der Waals surface area contributed by atoms with E-state index in [0.717, 1.165) is 16.5 Å². The van der Waals surface area contributed by atoms with Gasteiger partial charge < -0.3 is 0 Å². The van der Waals surface area contributed by atoms with Crippen molar-refractivity contribution < 1.29 is 0 Å². The van der Waals surface area contributed by atoms with Gasteiger partial charge in [0, 0.05) is 30.1 Å². The second-order valence-electron chi connectivity index (χ2n) is 4.87. The van der Waals surface area contributed by atoms with Crippen molar-refractivity contribution in [1.82, 2.24) is 19.7 Å². The van der Waals surface area contributed by atoms with Crippen molar-refractivity contribution >= 4 is 11.8 Å². The Labute approximate surface area is 139 Å². The standard InChI is InChI=1S/C17H15N5S/c18-9-4-12-23-17-21-20-16(15-7-10-19-11-8-15)22(17)13-14-5-2-1-3-6-14/h1-3,5-8,10-11H,4,12-13H2. The van der Waals surface area contributed by atoms with Crippen LogP contribution in [0.5, 0.6) is 0 Å². The molecule has 0 unspecified atom stereocenters. The summed E-state index contributed by atoms with van der Waals surface area (Å²) in [6.07, 6.45) is 3.99. The SMILES string of the molecule is N#CCCSc1nnc(-c2ccncc2)n1Cc1ccccc1. The van der Waals surface area contributed by atoms with Gasteiger partial charge in [0.2, 0.25) is 0 Å². The number of pyridine rings is 1. The van der Waals surface area contributed by atoms with Gasteiger partial charge in [-0.25, -0.2) is 0 Å². The van der Waals surface area contributed by atoms with Gasteiger partial charge in [0.15, 0.2) is 11.0 Å². The number of nitriles is 1. The molecular formula is C17H15N5S. The van der Waals surface area contributed by atoms with Gasteiger partial charge in [0.1, 0.15) is 0 Å². The third-order valence-electron chi connectivity index (χ3n) is 3.28. The van der Waals surface area contributed by atoms with Gasteiger partial charge in [0.05, 0.1) is 12.6 Å². The van der Waals surface area contributed by atoms with Crippen LogP contribution in [0.2, 0.25) is 0 Å². The van der Waals surface area contributed by atoms with Gasteiger partial charge >= 0.3 is 0 Å². The Morgan fingerprint density at radius 2 is 1.83 bits per heavy atom. The summed E-state index contributed by atoms with van der Waals surface area (Å²) in [5, 5.41) is 18.2. The van der Waals surface area contributed by atoms with Crippen LogP contribution in [0.4, 0.5) is 0 Å². The summed E-state index contributed by atoms with van der Waals surface area (Å²) in [6.45, 7) is 0.695. The molecule has 23 heavy (non-hydrogen) atoms. The Bertz CT molecular complexity index is 793. The molecule has 0 bridgehead atoms. The molecule has 0 aliphatic rings. The van der Waals surface area contributed by atoms with E-state index in [1.165, 1.54) is 5.56 Å². The zero-order valence-electron chi connectivity index (χ0n) is 12.5. The van der Waals surface area contributed by atoms with E-state index in [2.05, 4.69) is 38.0 Å². The van der Waals surface area contributed by atoms with E-state index in [0.29, 0.717) is 18.7 Å². The summed E-state index contributed by atoms with van der Waals surface area (Å²) in [7, 11) is 0. The first kappa shape index (κ1) is 15.3. The van der Waals surface area contributed by atoms with Gasteiger partial charge in [-0.05, 0) is 17.7 Å². The Hall–Kier alpha value is -2.65. The van der Waals surface area contributed by atoms with Crippen molar-refractivity contribution in [2.24, 2.45) is 0 Å². The normalized spacial score (nSPS) is 10.4. The summed E-state index contributed by atoms with van der Waals surface area (Å²) in [5.41, 5.74) is 2.17. The average Bonchev–Trinajstić information content (AvgIpc) is 3.00. The molecular weight excluding hydrogens is 306 g/mol. The van der Waals surface area contributed by atoms with Crippen LogP contribution in [0, 0.1) is 11.3 Å². The summed E-state index contributed by atoms with van der Waals surface area (Å²) in [5.74, 6) is 1.52. The zero-order chi connectivity index (χ0) is 15.9. The van der Waals surface area contributed by atoms with Crippen molar-refractivity contribution in [1.29, 1.82) is 5.26 Å². The molecule has 0 aliphatic heterocycles. The molecule has 2 aromatic heterocycles. The average molecular weight is 321 g/mol. The Morgan fingerprint density at radius 3 is 2.57 bits per heavy atom. The summed E-state index contributed by atoms with van der Waals surface area (Å²) in [6, 6.07) is 16.2.